The van der Waals surface area contributed by atoms with Gasteiger partial charge in [0.25, 0.3) is 5.91 Å². The number of Topliss-reactive ketones (excluding diaryl/α,β-unsaturated/α-hetero) is 1. The fraction of sp³-hybridized carbons (Fsp3) is 0.154. The largest absolute Gasteiger partial charge is 0.503 e. The highest BCUT2D eigenvalue weighted by Gasteiger charge is 2.45. The van der Waals surface area contributed by atoms with E-state index in [1.165, 1.54) is 0 Å². The maximum Gasteiger partial charge on any atom is 0.294 e. The molecule has 1 N–H and O–H groups in total. The smallest absolute Gasteiger partial charge is 0.294 e. The van der Waals surface area contributed by atoms with Crippen LogP contribution in [0.5, 0.6) is 0 Å². The third kappa shape index (κ3) is 4.04. The van der Waals surface area contributed by atoms with Crippen LogP contribution >= 0.6 is 0 Å². The number of nitrogens with zero attached hydrogens (tertiary/aromatic N) is 1. The van der Waals surface area contributed by atoms with E-state index in [-0.39, 0.29) is 17.7 Å². The van der Waals surface area contributed by atoms with Crippen molar-refractivity contribution < 1.29 is 23.5 Å². The molecule has 162 valence electrons. The minimum absolute atomic E-state index is 0.0540. The van der Waals surface area contributed by atoms with Crippen molar-refractivity contribution in [3.63, 3.8) is 0 Å². The summed E-state index contributed by atoms with van der Waals surface area (Å²) in [5.41, 5.74) is 1.87. The number of hydrogen-bond donors (Lipinski definition) is 1. The van der Waals surface area contributed by atoms with Gasteiger partial charge in [-0.25, -0.2) is 8.78 Å². The number of rotatable bonds is 6. The Bertz CT molecular complexity index is 1220. The molecule has 0 aromatic heterocycles. The average Bonchev–Trinajstić information content (AvgIpc) is 3.05. The summed E-state index contributed by atoms with van der Waals surface area (Å²) in [6.45, 7) is 1.84. The Morgan fingerprint density at radius 3 is 2.47 bits per heavy atom. The van der Waals surface area contributed by atoms with Crippen LogP contribution in [0.4, 0.5) is 14.5 Å². The van der Waals surface area contributed by atoms with Gasteiger partial charge in [0.2, 0.25) is 0 Å². The van der Waals surface area contributed by atoms with Gasteiger partial charge in [0.1, 0.15) is 11.6 Å². The van der Waals surface area contributed by atoms with Crippen molar-refractivity contribution in [3.8, 4) is 0 Å². The lowest BCUT2D eigenvalue weighted by atomic mass is 9.92. The molecule has 0 fully saturated rings. The molecular formula is C26H21F2NO3. The van der Waals surface area contributed by atoms with E-state index in [1.807, 2.05) is 43.3 Å². The summed E-state index contributed by atoms with van der Waals surface area (Å²) in [7, 11) is 0. The standard InChI is InChI=1S/C26H21F2NO3/c1-16-6-5-9-18(14-16)24-23(22(30)13-10-17-7-3-2-4-8-17)25(31)26(32)29(24)21-15-19(27)11-12-20(21)28/h2-9,11-12,14-15,24,31H,10,13H2,1H3. The predicted molar refractivity (Wildman–Crippen MR) is 117 cm³/mol. The molecule has 4 rings (SSSR count). The molecule has 4 nitrogen and oxygen atoms in total. The van der Waals surface area contributed by atoms with Crippen LogP contribution in [-0.2, 0) is 16.0 Å². The Morgan fingerprint density at radius 2 is 1.75 bits per heavy atom. The van der Waals surface area contributed by atoms with Crippen LogP contribution in [-0.4, -0.2) is 16.8 Å². The number of carbonyl (C=O) groups is 2. The highest BCUT2D eigenvalue weighted by Crippen LogP contribution is 2.42. The van der Waals surface area contributed by atoms with Gasteiger partial charge in [0.05, 0.1) is 17.3 Å². The highest BCUT2D eigenvalue weighted by atomic mass is 19.1. The van der Waals surface area contributed by atoms with E-state index in [4.69, 9.17) is 0 Å². The van der Waals surface area contributed by atoms with Crippen molar-refractivity contribution in [2.45, 2.75) is 25.8 Å². The fourth-order valence-electron chi connectivity index (χ4n) is 4.00. The van der Waals surface area contributed by atoms with Gasteiger partial charge in [-0.3, -0.25) is 14.5 Å². The first-order valence-electron chi connectivity index (χ1n) is 10.2. The summed E-state index contributed by atoms with van der Waals surface area (Å²) in [6, 6.07) is 18.1. The zero-order valence-electron chi connectivity index (χ0n) is 17.4. The molecule has 1 atom stereocenters. The summed E-state index contributed by atoms with van der Waals surface area (Å²) in [6.07, 6.45) is 0.470. The molecular weight excluding hydrogens is 412 g/mol. The van der Waals surface area contributed by atoms with E-state index in [0.717, 1.165) is 34.2 Å². The van der Waals surface area contributed by atoms with Crippen molar-refractivity contribution in [1.82, 2.24) is 0 Å². The zero-order chi connectivity index (χ0) is 22.8. The number of halogens is 2. The van der Waals surface area contributed by atoms with Gasteiger partial charge < -0.3 is 5.11 Å². The van der Waals surface area contributed by atoms with Crippen molar-refractivity contribution >= 4 is 17.4 Å². The topological polar surface area (TPSA) is 57.6 Å². The molecule has 0 saturated carbocycles. The number of aliphatic hydroxyl groups excluding tert-OH is 1. The monoisotopic (exact) mass is 433 g/mol. The van der Waals surface area contributed by atoms with Crippen molar-refractivity contribution in [1.29, 1.82) is 0 Å². The molecule has 6 heteroatoms. The summed E-state index contributed by atoms with van der Waals surface area (Å²) in [5, 5.41) is 10.7. The summed E-state index contributed by atoms with van der Waals surface area (Å²) in [5.74, 6) is -3.67. The van der Waals surface area contributed by atoms with Crippen LogP contribution in [0.25, 0.3) is 0 Å². The highest BCUT2D eigenvalue weighted by molar-refractivity contribution is 6.16. The number of carbonyl (C=O) groups excluding carboxylic acids is 2. The molecule has 0 spiro atoms. The summed E-state index contributed by atoms with van der Waals surface area (Å²) in [4.78, 5) is 27.2. The molecule has 0 radical (unpaired) electrons. The van der Waals surface area contributed by atoms with E-state index in [0.29, 0.717) is 12.0 Å². The molecule has 1 heterocycles. The van der Waals surface area contributed by atoms with Crippen LogP contribution in [0.3, 0.4) is 0 Å². The number of anilines is 1. The molecule has 0 saturated heterocycles. The van der Waals surface area contributed by atoms with Crippen molar-refractivity contribution in [2.24, 2.45) is 0 Å². The quantitative estimate of drug-likeness (QED) is 0.568. The molecule has 1 aliphatic heterocycles. The number of hydrogen-bond acceptors (Lipinski definition) is 3. The lowest BCUT2D eigenvalue weighted by Crippen LogP contribution is -2.32. The second-order valence-corrected chi connectivity index (χ2v) is 7.76. The Labute approximate surface area is 184 Å². The van der Waals surface area contributed by atoms with Crippen LogP contribution in [0, 0.1) is 18.6 Å². The maximum absolute atomic E-state index is 14.6. The fourth-order valence-corrected chi connectivity index (χ4v) is 4.00. The van der Waals surface area contributed by atoms with E-state index in [1.54, 1.807) is 18.2 Å². The van der Waals surface area contributed by atoms with E-state index in [2.05, 4.69) is 0 Å². The molecule has 3 aromatic rings. The third-order valence-electron chi connectivity index (χ3n) is 5.52. The lowest BCUT2D eigenvalue weighted by molar-refractivity contribution is -0.118. The maximum atomic E-state index is 14.6. The Kier molecular flexibility index (Phi) is 5.86. The van der Waals surface area contributed by atoms with Gasteiger partial charge in [0.15, 0.2) is 11.5 Å². The van der Waals surface area contributed by atoms with Crippen molar-refractivity contribution in [2.75, 3.05) is 4.90 Å². The van der Waals surface area contributed by atoms with Gasteiger partial charge in [-0.1, -0.05) is 60.2 Å². The first-order valence-corrected chi connectivity index (χ1v) is 10.2. The molecule has 1 amide bonds. The Morgan fingerprint density at radius 1 is 1.00 bits per heavy atom. The number of aryl methyl sites for hydroxylation is 2. The van der Waals surface area contributed by atoms with E-state index >= 15 is 0 Å². The Hall–Kier alpha value is -3.80. The average molecular weight is 433 g/mol. The van der Waals surface area contributed by atoms with Gasteiger partial charge in [-0.15, -0.1) is 0 Å². The minimum atomic E-state index is -1.07. The Balaban J connectivity index is 1.77. The van der Waals surface area contributed by atoms with Gasteiger partial charge in [-0.05, 0) is 36.6 Å². The molecule has 32 heavy (non-hydrogen) atoms. The van der Waals surface area contributed by atoms with Gasteiger partial charge in [-0.2, -0.15) is 0 Å². The van der Waals surface area contributed by atoms with Gasteiger partial charge in [0, 0.05) is 12.5 Å². The predicted octanol–water partition coefficient (Wildman–Crippen LogP) is 5.38. The lowest BCUT2D eigenvalue weighted by Gasteiger charge is -2.27. The number of amides is 1. The molecule has 1 unspecified atom stereocenters. The van der Waals surface area contributed by atoms with Crippen molar-refractivity contribution in [3.05, 3.63) is 112 Å². The van der Waals surface area contributed by atoms with Gasteiger partial charge >= 0.3 is 0 Å². The normalized spacial score (nSPS) is 16.0. The molecule has 3 aromatic carbocycles. The summed E-state index contributed by atoms with van der Waals surface area (Å²) < 4.78 is 28.6. The summed E-state index contributed by atoms with van der Waals surface area (Å²) >= 11 is 0. The second kappa shape index (κ2) is 8.75. The first-order chi connectivity index (χ1) is 15.4. The molecule has 1 aliphatic rings. The van der Waals surface area contributed by atoms with Crippen LogP contribution < -0.4 is 4.90 Å². The number of benzene rings is 3. The second-order valence-electron chi connectivity index (χ2n) is 7.76. The molecule has 0 bridgehead atoms. The third-order valence-corrected chi connectivity index (χ3v) is 5.52. The minimum Gasteiger partial charge on any atom is -0.503 e. The first kappa shape index (κ1) is 21.4. The van der Waals surface area contributed by atoms with E-state index in [9.17, 15) is 23.5 Å². The van der Waals surface area contributed by atoms with E-state index < -0.39 is 35.1 Å². The molecule has 0 aliphatic carbocycles. The van der Waals surface area contributed by atoms with Crippen LogP contribution in [0.2, 0.25) is 0 Å². The number of aliphatic hydroxyl groups is 1. The zero-order valence-corrected chi connectivity index (χ0v) is 17.4. The van der Waals surface area contributed by atoms with Crippen LogP contribution in [0.15, 0.2) is 84.1 Å². The SMILES string of the molecule is Cc1cccc(C2C(C(=O)CCc3ccccc3)=C(O)C(=O)N2c2cc(F)ccc2F)c1. The number of ketones is 1. The van der Waals surface area contributed by atoms with Crippen LogP contribution in [0.1, 0.15) is 29.2 Å².